The predicted molar refractivity (Wildman–Crippen MR) is 99.7 cm³/mol. The van der Waals surface area contributed by atoms with E-state index in [1.807, 2.05) is 37.4 Å². The summed E-state index contributed by atoms with van der Waals surface area (Å²) in [7, 11) is 5.27. The number of likely N-dealkylation sites (N-methyl/N-ethyl adjacent to an activating group) is 2. The van der Waals surface area contributed by atoms with E-state index >= 15 is 0 Å². The Morgan fingerprint density at radius 1 is 1.08 bits per heavy atom. The van der Waals surface area contributed by atoms with Gasteiger partial charge < -0.3 is 15.1 Å². The third kappa shape index (κ3) is 5.05. The molecule has 2 atom stereocenters. The number of halogens is 1. The van der Waals surface area contributed by atoms with E-state index in [2.05, 4.69) is 5.32 Å². The van der Waals surface area contributed by atoms with Crippen molar-refractivity contribution in [2.75, 3.05) is 33.0 Å². The van der Waals surface area contributed by atoms with E-state index in [9.17, 15) is 9.59 Å². The smallest absolute Gasteiger partial charge is 0.285 e. The van der Waals surface area contributed by atoms with Crippen molar-refractivity contribution >= 4 is 29.1 Å². The number of hydrogen-bond acceptors (Lipinski definition) is 2. The summed E-state index contributed by atoms with van der Waals surface area (Å²) in [6, 6.07) is 16.1. The highest BCUT2D eigenvalue weighted by Gasteiger charge is 2.31. The maximum atomic E-state index is 12.6. The molecular formula is C19H23ClN3O2+. The lowest BCUT2D eigenvalue weighted by molar-refractivity contribution is -0.894. The zero-order chi connectivity index (χ0) is 18.4. The molecule has 0 aliphatic carbocycles. The van der Waals surface area contributed by atoms with Crippen LogP contribution in [-0.4, -0.2) is 44.4 Å². The average Bonchev–Trinajstić information content (AvgIpc) is 2.58. The Labute approximate surface area is 153 Å². The quantitative estimate of drug-likeness (QED) is 0.822. The number of nitrogens with zero attached hydrogens (tertiary/aromatic N) is 1. The number of hydrogen-bond donors (Lipinski definition) is 2. The van der Waals surface area contributed by atoms with Crippen LogP contribution in [0.1, 0.15) is 11.6 Å². The molecule has 6 heteroatoms. The predicted octanol–water partition coefficient (Wildman–Crippen LogP) is 1.62. The minimum absolute atomic E-state index is 0.0470. The zero-order valence-electron chi connectivity index (χ0n) is 14.6. The third-order valence-electron chi connectivity index (χ3n) is 3.90. The molecule has 0 heterocycles. The van der Waals surface area contributed by atoms with Gasteiger partial charge in [0.15, 0.2) is 12.6 Å². The molecular weight excluding hydrogens is 338 g/mol. The summed E-state index contributed by atoms with van der Waals surface area (Å²) < 4.78 is 0. The summed E-state index contributed by atoms with van der Waals surface area (Å²) >= 11 is 6.07. The van der Waals surface area contributed by atoms with Gasteiger partial charge in [-0.05, 0) is 12.1 Å². The second-order valence-electron chi connectivity index (χ2n) is 6.13. The first-order valence-electron chi connectivity index (χ1n) is 8.03. The first kappa shape index (κ1) is 19.0. The minimum Gasteiger partial charge on any atom is -0.343 e. The maximum absolute atomic E-state index is 12.6. The number of anilines is 1. The highest BCUT2D eigenvalue weighted by Crippen LogP contribution is 2.20. The number of amides is 2. The van der Waals surface area contributed by atoms with Crippen LogP contribution < -0.4 is 10.2 Å². The van der Waals surface area contributed by atoms with Crippen LogP contribution in [0.2, 0.25) is 5.02 Å². The van der Waals surface area contributed by atoms with Crippen LogP contribution in [0.25, 0.3) is 0 Å². The van der Waals surface area contributed by atoms with Crippen LogP contribution in [0.4, 0.5) is 5.69 Å². The van der Waals surface area contributed by atoms with Crippen LogP contribution in [-0.2, 0) is 9.59 Å². The zero-order valence-corrected chi connectivity index (χ0v) is 15.4. The van der Waals surface area contributed by atoms with E-state index in [0.717, 1.165) is 10.5 Å². The summed E-state index contributed by atoms with van der Waals surface area (Å²) in [4.78, 5) is 27.4. The molecule has 2 N–H and O–H groups in total. The molecule has 0 aliphatic heterocycles. The van der Waals surface area contributed by atoms with Crippen molar-refractivity contribution in [1.29, 1.82) is 0 Å². The summed E-state index contributed by atoms with van der Waals surface area (Å²) in [5.41, 5.74) is 1.45. The lowest BCUT2D eigenvalue weighted by atomic mass is 10.0. The number of para-hydroxylation sites is 1. The number of quaternary nitrogens is 1. The van der Waals surface area contributed by atoms with E-state index in [0.29, 0.717) is 10.7 Å². The fraction of sp³-hybridized carbons (Fsp3) is 0.263. The topological polar surface area (TPSA) is 53.9 Å². The van der Waals surface area contributed by atoms with Gasteiger partial charge in [0.05, 0.1) is 17.8 Å². The second-order valence-corrected chi connectivity index (χ2v) is 6.53. The largest absolute Gasteiger partial charge is 0.343 e. The minimum atomic E-state index is -0.451. The van der Waals surface area contributed by atoms with Crippen molar-refractivity contribution < 1.29 is 14.5 Å². The van der Waals surface area contributed by atoms with Crippen molar-refractivity contribution in [2.45, 2.75) is 6.04 Å². The van der Waals surface area contributed by atoms with Crippen molar-refractivity contribution in [3.05, 3.63) is 65.2 Å². The molecule has 0 radical (unpaired) electrons. The molecule has 0 bridgehead atoms. The Hall–Kier alpha value is -2.37. The Bertz CT molecular complexity index is 734. The van der Waals surface area contributed by atoms with Gasteiger partial charge in [-0.3, -0.25) is 9.59 Å². The number of benzene rings is 2. The van der Waals surface area contributed by atoms with E-state index in [1.165, 1.54) is 0 Å². The number of nitrogens with one attached hydrogen (secondary N) is 2. The van der Waals surface area contributed by atoms with Gasteiger partial charge in [-0.25, -0.2) is 0 Å². The SMILES string of the molecule is CN(C)C(=O)[C@@H](c1ccccc1)[NH+](C)CC(=O)Nc1ccccc1Cl. The Kier molecular flexibility index (Phi) is 6.56. The van der Waals surface area contributed by atoms with Gasteiger partial charge in [-0.2, -0.15) is 0 Å². The molecule has 2 aromatic carbocycles. The Morgan fingerprint density at radius 2 is 1.68 bits per heavy atom. The van der Waals surface area contributed by atoms with Gasteiger partial charge in [-0.1, -0.05) is 54.1 Å². The molecule has 0 aliphatic rings. The standard InChI is InChI=1S/C19H22ClN3O2/c1-22(2)19(25)18(14-9-5-4-6-10-14)23(3)13-17(24)21-16-12-8-7-11-15(16)20/h4-12,18H,13H2,1-3H3,(H,21,24)/p+1/t18-/m1/s1. The molecule has 0 fully saturated rings. The molecule has 0 saturated heterocycles. The van der Waals surface area contributed by atoms with Gasteiger partial charge in [0.1, 0.15) is 0 Å². The van der Waals surface area contributed by atoms with Crippen LogP contribution in [0, 0.1) is 0 Å². The van der Waals surface area contributed by atoms with E-state index in [-0.39, 0.29) is 18.4 Å². The highest BCUT2D eigenvalue weighted by atomic mass is 35.5. The molecule has 0 saturated carbocycles. The van der Waals surface area contributed by atoms with Crippen LogP contribution >= 0.6 is 11.6 Å². The van der Waals surface area contributed by atoms with Crippen LogP contribution in [0.5, 0.6) is 0 Å². The molecule has 0 spiro atoms. The number of carbonyl (C=O) groups is 2. The molecule has 5 nitrogen and oxygen atoms in total. The molecule has 2 amide bonds. The van der Waals surface area contributed by atoms with Crippen molar-refractivity contribution in [3.8, 4) is 0 Å². The fourth-order valence-electron chi connectivity index (χ4n) is 2.65. The van der Waals surface area contributed by atoms with Crippen molar-refractivity contribution in [1.82, 2.24) is 4.90 Å². The van der Waals surface area contributed by atoms with E-state index < -0.39 is 6.04 Å². The third-order valence-corrected chi connectivity index (χ3v) is 4.23. The van der Waals surface area contributed by atoms with Crippen LogP contribution in [0.15, 0.2) is 54.6 Å². The van der Waals surface area contributed by atoms with Gasteiger partial charge in [0.2, 0.25) is 0 Å². The average molecular weight is 361 g/mol. The Balaban J connectivity index is 2.14. The fourth-order valence-corrected chi connectivity index (χ4v) is 2.84. The summed E-state index contributed by atoms with van der Waals surface area (Å²) in [6.45, 7) is 0.143. The van der Waals surface area contributed by atoms with Gasteiger partial charge in [-0.15, -0.1) is 0 Å². The van der Waals surface area contributed by atoms with Crippen molar-refractivity contribution in [3.63, 3.8) is 0 Å². The maximum Gasteiger partial charge on any atom is 0.285 e. The molecule has 2 aromatic rings. The highest BCUT2D eigenvalue weighted by molar-refractivity contribution is 6.33. The molecule has 0 aromatic heterocycles. The van der Waals surface area contributed by atoms with Crippen molar-refractivity contribution in [2.24, 2.45) is 0 Å². The molecule has 25 heavy (non-hydrogen) atoms. The number of rotatable bonds is 6. The van der Waals surface area contributed by atoms with Gasteiger partial charge >= 0.3 is 0 Å². The van der Waals surface area contributed by atoms with Gasteiger partial charge in [0.25, 0.3) is 11.8 Å². The summed E-state index contributed by atoms with van der Waals surface area (Å²) in [5, 5.41) is 3.28. The summed E-state index contributed by atoms with van der Waals surface area (Å²) in [5.74, 6) is -0.243. The second kappa shape index (κ2) is 8.65. The first-order chi connectivity index (χ1) is 11.9. The summed E-state index contributed by atoms with van der Waals surface area (Å²) in [6.07, 6.45) is 0. The van der Waals surface area contributed by atoms with Crippen LogP contribution in [0.3, 0.4) is 0 Å². The Morgan fingerprint density at radius 3 is 2.28 bits per heavy atom. The first-order valence-corrected chi connectivity index (χ1v) is 8.40. The number of carbonyl (C=O) groups excluding carboxylic acids is 2. The lowest BCUT2D eigenvalue weighted by Gasteiger charge is -2.26. The van der Waals surface area contributed by atoms with Gasteiger partial charge in [0, 0.05) is 19.7 Å². The normalized spacial score (nSPS) is 13.0. The molecule has 132 valence electrons. The molecule has 1 unspecified atom stereocenters. The van der Waals surface area contributed by atoms with E-state index in [1.54, 1.807) is 43.3 Å². The van der Waals surface area contributed by atoms with E-state index in [4.69, 9.17) is 11.6 Å². The monoisotopic (exact) mass is 360 g/mol. The lowest BCUT2D eigenvalue weighted by Crippen LogP contribution is -3.11. The molecule has 2 rings (SSSR count).